The lowest BCUT2D eigenvalue weighted by molar-refractivity contribution is -0.146. The number of halogens is 1. The predicted octanol–water partition coefficient (Wildman–Crippen LogP) is 0.790. The third kappa shape index (κ3) is 2.55. The first-order chi connectivity index (χ1) is 9.39. The summed E-state index contributed by atoms with van der Waals surface area (Å²) in [4.78, 5) is 11.8. The third-order valence-electron chi connectivity index (χ3n) is 3.32. The average molecular weight is 322 g/mol. The second kappa shape index (κ2) is 5.71. The molecule has 7 nitrogen and oxygen atoms in total. The maximum Gasteiger partial charge on any atom is 0.324 e. The molecule has 0 aromatic carbocycles. The molecule has 1 atom stereocenters. The Balaban J connectivity index is 2.44. The molecule has 1 fully saturated rings. The Morgan fingerprint density at radius 1 is 1.50 bits per heavy atom. The highest BCUT2D eigenvalue weighted by Gasteiger charge is 2.40. The van der Waals surface area contributed by atoms with Crippen molar-refractivity contribution in [1.82, 2.24) is 14.1 Å². The van der Waals surface area contributed by atoms with Crippen molar-refractivity contribution in [2.75, 3.05) is 13.7 Å². The Morgan fingerprint density at radius 2 is 2.20 bits per heavy atom. The summed E-state index contributed by atoms with van der Waals surface area (Å²) in [5.74, 6) is -0.549. The number of rotatable bonds is 3. The SMILES string of the molecule is COC(=O)[C@H]1CCCCN1S(=O)(=O)c1c(Cl)cnn1C. The van der Waals surface area contributed by atoms with Gasteiger partial charge < -0.3 is 4.74 Å². The summed E-state index contributed by atoms with van der Waals surface area (Å²) in [6, 6.07) is -0.801. The fraction of sp³-hybridized carbons (Fsp3) is 0.636. The number of ether oxygens (including phenoxy) is 1. The average Bonchev–Trinajstić information content (AvgIpc) is 2.77. The van der Waals surface area contributed by atoms with E-state index in [1.165, 1.54) is 25.0 Å². The number of esters is 1. The van der Waals surface area contributed by atoms with Gasteiger partial charge in [0.05, 0.1) is 18.3 Å². The van der Waals surface area contributed by atoms with Gasteiger partial charge >= 0.3 is 5.97 Å². The van der Waals surface area contributed by atoms with E-state index in [4.69, 9.17) is 16.3 Å². The first-order valence-electron chi connectivity index (χ1n) is 6.16. The summed E-state index contributed by atoms with van der Waals surface area (Å²) < 4.78 is 32.4. The first kappa shape index (κ1) is 15.3. The number of carbonyl (C=O) groups excluding carboxylic acids is 1. The van der Waals surface area contributed by atoms with E-state index in [9.17, 15) is 13.2 Å². The van der Waals surface area contributed by atoms with Gasteiger partial charge in [0.1, 0.15) is 6.04 Å². The lowest BCUT2D eigenvalue weighted by Crippen LogP contribution is -2.48. The largest absolute Gasteiger partial charge is 0.468 e. The van der Waals surface area contributed by atoms with Crippen molar-refractivity contribution >= 4 is 27.6 Å². The summed E-state index contributed by atoms with van der Waals surface area (Å²) in [5.41, 5.74) is 0. The van der Waals surface area contributed by atoms with Crippen LogP contribution in [0.4, 0.5) is 0 Å². The van der Waals surface area contributed by atoms with Crippen molar-refractivity contribution in [1.29, 1.82) is 0 Å². The van der Waals surface area contributed by atoms with Gasteiger partial charge in [0.25, 0.3) is 10.0 Å². The molecule has 2 rings (SSSR count). The summed E-state index contributed by atoms with van der Waals surface area (Å²) in [7, 11) is -1.14. The van der Waals surface area contributed by atoms with Gasteiger partial charge in [-0.15, -0.1) is 0 Å². The second-order valence-corrected chi connectivity index (χ2v) is 6.78. The van der Waals surface area contributed by atoms with E-state index in [0.29, 0.717) is 12.8 Å². The van der Waals surface area contributed by atoms with Crippen molar-refractivity contribution in [2.24, 2.45) is 7.05 Å². The molecule has 1 aliphatic rings. The van der Waals surface area contributed by atoms with E-state index in [1.54, 1.807) is 0 Å². The van der Waals surface area contributed by atoms with Crippen LogP contribution in [0.2, 0.25) is 5.02 Å². The summed E-state index contributed by atoms with van der Waals surface area (Å²) >= 11 is 5.90. The van der Waals surface area contributed by atoms with Crippen molar-refractivity contribution in [3.8, 4) is 0 Å². The van der Waals surface area contributed by atoms with Gasteiger partial charge in [0.2, 0.25) is 0 Å². The molecule has 0 saturated carbocycles. The zero-order valence-electron chi connectivity index (χ0n) is 11.2. The van der Waals surface area contributed by atoms with Crippen LogP contribution in [0.15, 0.2) is 11.2 Å². The zero-order valence-corrected chi connectivity index (χ0v) is 12.8. The van der Waals surface area contributed by atoms with Crippen LogP contribution in [0.5, 0.6) is 0 Å². The van der Waals surface area contributed by atoms with E-state index in [0.717, 1.165) is 10.7 Å². The molecule has 20 heavy (non-hydrogen) atoms. The summed E-state index contributed by atoms with van der Waals surface area (Å²) in [6.07, 6.45) is 3.19. The fourth-order valence-electron chi connectivity index (χ4n) is 2.37. The highest BCUT2D eigenvalue weighted by molar-refractivity contribution is 7.89. The highest BCUT2D eigenvalue weighted by Crippen LogP contribution is 2.29. The molecule has 1 aliphatic heterocycles. The highest BCUT2D eigenvalue weighted by atomic mass is 35.5. The van der Waals surface area contributed by atoms with E-state index < -0.39 is 22.0 Å². The summed E-state index contributed by atoms with van der Waals surface area (Å²) in [5, 5.41) is 3.77. The second-order valence-electron chi connectivity index (χ2n) is 4.57. The van der Waals surface area contributed by atoms with Gasteiger partial charge in [-0.25, -0.2) is 8.42 Å². The molecule has 1 aromatic rings. The van der Waals surface area contributed by atoms with Crippen LogP contribution in [0.25, 0.3) is 0 Å². The van der Waals surface area contributed by atoms with Crippen LogP contribution in [0.3, 0.4) is 0 Å². The number of methoxy groups -OCH3 is 1. The Kier molecular flexibility index (Phi) is 4.36. The number of carbonyl (C=O) groups is 1. The minimum Gasteiger partial charge on any atom is -0.468 e. The van der Waals surface area contributed by atoms with E-state index in [1.807, 2.05) is 0 Å². The van der Waals surface area contributed by atoms with E-state index >= 15 is 0 Å². The van der Waals surface area contributed by atoms with Crippen molar-refractivity contribution in [3.05, 3.63) is 11.2 Å². The quantitative estimate of drug-likeness (QED) is 0.769. The zero-order chi connectivity index (χ0) is 14.9. The Bertz CT molecular complexity index is 594. The molecule has 0 spiro atoms. The van der Waals surface area contributed by atoms with Gasteiger partial charge in [0, 0.05) is 13.6 Å². The molecule has 0 unspecified atom stereocenters. The standard InChI is InChI=1S/C11H16ClN3O4S/c1-14-10(8(12)7-13-14)20(17,18)15-6-4-3-5-9(15)11(16)19-2/h7,9H,3-6H2,1-2H3/t9-/m1/s1. The lowest BCUT2D eigenvalue weighted by Gasteiger charge is -2.32. The molecular formula is C11H16ClN3O4S. The first-order valence-corrected chi connectivity index (χ1v) is 7.98. The minimum atomic E-state index is -3.88. The van der Waals surface area contributed by atoms with Crippen LogP contribution < -0.4 is 0 Å². The van der Waals surface area contributed by atoms with Crippen LogP contribution in [0.1, 0.15) is 19.3 Å². The number of aryl methyl sites for hydroxylation is 1. The Hall–Kier alpha value is -1.12. The topological polar surface area (TPSA) is 81.5 Å². The normalized spacial score (nSPS) is 20.9. The molecule has 0 amide bonds. The van der Waals surface area contributed by atoms with Crippen LogP contribution >= 0.6 is 11.6 Å². The molecule has 0 N–H and O–H groups in total. The lowest BCUT2D eigenvalue weighted by atomic mass is 10.1. The van der Waals surface area contributed by atoms with Gasteiger partial charge in [-0.1, -0.05) is 11.6 Å². The molecule has 0 aliphatic carbocycles. The summed E-state index contributed by atoms with van der Waals surface area (Å²) in [6.45, 7) is 0.267. The van der Waals surface area contributed by atoms with Crippen LogP contribution in [0, 0.1) is 0 Å². The maximum absolute atomic E-state index is 12.7. The number of hydrogen-bond acceptors (Lipinski definition) is 5. The number of nitrogens with zero attached hydrogens (tertiary/aromatic N) is 3. The van der Waals surface area contributed by atoms with Crippen LogP contribution in [-0.4, -0.2) is 48.2 Å². The third-order valence-corrected chi connectivity index (χ3v) is 5.74. The molecule has 9 heteroatoms. The van der Waals surface area contributed by atoms with Crippen molar-refractivity contribution < 1.29 is 17.9 Å². The molecule has 112 valence electrons. The monoisotopic (exact) mass is 321 g/mol. The van der Waals surface area contributed by atoms with E-state index in [2.05, 4.69) is 5.10 Å². The predicted molar refractivity (Wildman–Crippen MR) is 71.8 cm³/mol. The molecule has 0 bridgehead atoms. The minimum absolute atomic E-state index is 0.0432. The number of piperidine rings is 1. The number of aromatic nitrogens is 2. The van der Waals surface area contributed by atoms with Gasteiger partial charge in [0.15, 0.2) is 5.03 Å². The maximum atomic E-state index is 12.7. The van der Waals surface area contributed by atoms with E-state index in [-0.39, 0.29) is 16.6 Å². The van der Waals surface area contributed by atoms with Gasteiger partial charge in [-0.05, 0) is 19.3 Å². The van der Waals surface area contributed by atoms with Gasteiger partial charge in [-0.3, -0.25) is 9.48 Å². The fourth-order valence-corrected chi connectivity index (χ4v) is 4.62. The molecular weight excluding hydrogens is 306 g/mol. The van der Waals surface area contributed by atoms with Crippen LogP contribution in [-0.2, 0) is 26.6 Å². The molecule has 2 heterocycles. The number of hydrogen-bond donors (Lipinski definition) is 0. The van der Waals surface area contributed by atoms with Crippen molar-refractivity contribution in [2.45, 2.75) is 30.3 Å². The van der Waals surface area contributed by atoms with Crippen molar-refractivity contribution in [3.63, 3.8) is 0 Å². The number of sulfonamides is 1. The Labute approximate surface area is 122 Å². The molecule has 1 saturated heterocycles. The molecule has 1 aromatic heterocycles. The smallest absolute Gasteiger partial charge is 0.324 e. The molecule has 0 radical (unpaired) electrons. The van der Waals surface area contributed by atoms with Gasteiger partial charge in [-0.2, -0.15) is 9.40 Å². The Morgan fingerprint density at radius 3 is 2.75 bits per heavy atom.